The van der Waals surface area contributed by atoms with Crippen molar-refractivity contribution in [1.29, 1.82) is 0 Å². The van der Waals surface area contributed by atoms with E-state index in [2.05, 4.69) is 31.4 Å². The molecule has 3 aromatic rings. The molecule has 4 rings (SSSR count). The summed E-state index contributed by atoms with van der Waals surface area (Å²) in [5.41, 5.74) is 4.66. The third-order valence-corrected chi connectivity index (χ3v) is 5.55. The van der Waals surface area contributed by atoms with Crippen molar-refractivity contribution in [2.75, 3.05) is 12.2 Å². The molecule has 1 aliphatic rings. The first-order chi connectivity index (χ1) is 13.0. The summed E-state index contributed by atoms with van der Waals surface area (Å²) in [7, 11) is 0. The molecule has 0 atom stereocenters. The largest absolute Gasteiger partial charge is 0.454 e. The van der Waals surface area contributed by atoms with E-state index in [1.54, 1.807) is 11.6 Å². The fourth-order valence-electron chi connectivity index (χ4n) is 2.39. The second-order valence-electron chi connectivity index (χ2n) is 5.39. The van der Waals surface area contributed by atoms with E-state index in [0.29, 0.717) is 32.9 Å². The molecule has 0 unspecified atom stereocenters. The van der Waals surface area contributed by atoms with Crippen molar-refractivity contribution in [3.8, 4) is 22.8 Å². The molecule has 0 radical (unpaired) electrons. The van der Waals surface area contributed by atoms with E-state index in [9.17, 15) is 4.39 Å². The van der Waals surface area contributed by atoms with Crippen molar-refractivity contribution in [2.24, 2.45) is 5.10 Å². The first-order valence-corrected chi connectivity index (χ1v) is 9.93. The number of hydrogen-bond acceptors (Lipinski definition) is 6. The lowest BCUT2D eigenvalue weighted by Crippen LogP contribution is -1.93. The summed E-state index contributed by atoms with van der Waals surface area (Å²) in [6.07, 6.45) is 1.63. The number of fused-ring (bicyclic) bond motifs is 1. The maximum Gasteiger partial charge on any atom is 0.231 e. The molecular formula is C17H9BrCl2FN3O2S. The average Bonchev–Trinajstić information content (AvgIpc) is 3.28. The minimum absolute atomic E-state index is 0.0307. The molecule has 0 saturated carbocycles. The highest BCUT2D eigenvalue weighted by molar-refractivity contribution is 9.10. The Morgan fingerprint density at radius 1 is 1.22 bits per heavy atom. The van der Waals surface area contributed by atoms with Crippen LogP contribution in [0.25, 0.3) is 11.3 Å². The number of nitrogens with zero attached hydrogens (tertiary/aromatic N) is 2. The number of halogens is 4. The highest BCUT2D eigenvalue weighted by Crippen LogP contribution is 2.39. The van der Waals surface area contributed by atoms with Crippen LogP contribution < -0.4 is 14.9 Å². The van der Waals surface area contributed by atoms with Crippen LogP contribution in [-0.2, 0) is 0 Å². The standard InChI is InChI=1S/C17H9BrCl2FN3O2S/c18-10-1-8(2-15-16(10)26-7-25-15)5-22-24-17-23-14(6-27-17)9-3-13(21)12(20)4-11(9)19/h1-6H,7H2,(H,23,24)/b22-5+. The van der Waals surface area contributed by atoms with Gasteiger partial charge in [-0.15, -0.1) is 11.3 Å². The zero-order chi connectivity index (χ0) is 19.0. The van der Waals surface area contributed by atoms with E-state index in [4.69, 9.17) is 32.7 Å². The Bertz CT molecular complexity index is 1060. The fourth-order valence-corrected chi connectivity index (χ4v) is 4.11. The van der Waals surface area contributed by atoms with Crippen molar-refractivity contribution in [1.82, 2.24) is 4.98 Å². The molecule has 0 aliphatic carbocycles. The molecule has 0 saturated heterocycles. The van der Waals surface area contributed by atoms with Crippen LogP contribution in [0.2, 0.25) is 10.0 Å². The minimum Gasteiger partial charge on any atom is -0.454 e. The Balaban J connectivity index is 1.50. The third-order valence-electron chi connectivity index (χ3n) is 3.61. The van der Waals surface area contributed by atoms with Crippen LogP contribution in [0.1, 0.15) is 5.56 Å². The van der Waals surface area contributed by atoms with Gasteiger partial charge in [-0.1, -0.05) is 23.2 Å². The van der Waals surface area contributed by atoms with Gasteiger partial charge in [-0.25, -0.2) is 9.37 Å². The van der Waals surface area contributed by atoms with Crippen LogP contribution in [0, 0.1) is 5.82 Å². The lowest BCUT2D eigenvalue weighted by Gasteiger charge is -2.02. The predicted octanol–water partition coefficient (Wildman–Crippen LogP) is 6.19. The highest BCUT2D eigenvalue weighted by Gasteiger charge is 2.17. The maximum atomic E-state index is 13.7. The molecular weight excluding hydrogens is 480 g/mol. The molecule has 2 aromatic carbocycles. The van der Waals surface area contributed by atoms with E-state index in [-0.39, 0.29) is 11.8 Å². The Kier molecular flexibility index (Phi) is 5.23. The summed E-state index contributed by atoms with van der Waals surface area (Å²) in [6, 6.07) is 6.30. The zero-order valence-corrected chi connectivity index (χ0v) is 17.2. The van der Waals surface area contributed by atoms with Crippen molar-refractivity contribution >= 4 is 61.8 Å². The number of benzene rings is 2. The van der Waals surface area contributed by atoms with Gasteiger partial charge < -0.3 is 9.47 Å². The van der Waals surface area contributed by atoms with Gasteiger partial charge in [0.15, 0.2) is 11.5 Å². The summed E-state index contributed by atoms with van der Waals surface area (Å²) in [4.78, 5) is 4.36. The first-order valence-electron chi connectivity index (χ1n) is 7.50. The summed E-state index contributed by atoms with van der Waals surface area (Å²) in [5.74, 6) is 0.781. The summed E-state index contributed by atoms with van der Waals surface area (Å²) >= 11 is 16.6. The summed E-state index contributed by atoms with van der Waals surface area (Å²) < 4.78 is 25.2. The monoisotopic (exact) mass is 487 g/mol. The van der Waals surface area contributed by atoms with Crippen LogP contribution in [0.3, 0.4) is 0 Å². The average molecular weight is 489 g/mol. The van der Waals surface area contributed by atoms with E-state index < -0.39 is 5.82 Å². The van der Waals surface area contributed by atoms with Crippen molar-refractivity contribution in [3.05, 3.63) is 55.5 Å². The van der Waals surface area contributed by atoms with Gasteiger partial charge >= 0.3 is 0 Å². The Labute approximate surface area is 175 Å². The highest BCUT2D eigenvalue weighted by atomic mass is 79.9. The molecule has 0 fully saturated rings. The maximum absolute atomic E-state index is 13.7. The predicted molar refractivity (Wildman–Crippen MR) is 109 cm³/mol. The molecule has 10 heteroatoms. The molecule has 1 aliphatic heterocycles. The second-order valence-corrected chi connectivity index (χ2v) is 7.92. The number of hydrogen-bond donors (Lipinski definition) is 1. The summed E-state index contributed by atoms with van der Waals surface area (Å²) in [6.45, 7) is 0.197. The number of nitrogens with one attached hydrogen (secondary N) is 1. The van der Waals surface area contributed by atoms with E-state index in [1.165, 1.54) is 23.5 Å². The van der Waals surface area contributed by atoms with Crippen LogP contribution in [0.15, 0.2) is 39.2 Å². The molecule has 0 amide bonds. The lowest BCUT2D eigenvalue weighted by atomic mass is 10.2. The van der Waals surface area contributed by atoms with Crippen LogP contribution in [-0.4, -0.2) is 18.0 Å². The Morgan fingerprint density at radius 3 is 2.93 bits per heavy atom. The van der Waals surface area contributed by atoms with E-state index in [1.807, 2.05) is 12.1 Å². The van der Waals surface area contributed by atoms with Crippen molar-refractivity contribution in [3.63, 3.8) is 0 Å². The minimum atomic E-state index is -0.551. The zero-order valence-electron chi connectivity index (χ0n) is 13.3. The number of anilines is 1. The van der Waals surface area contributed by atoms with Gasteiger partial charge in [0.1, 0.15) is 5.82 Å². The van der Waals surface area contributed by atoms with Gasteiger partial charge in [0.2, 0.25) is 11.9 Å². The number of hydrazone groups is 1. The van der Waals surface area contributed by atoms with Gasteiger partial charge in [0.05, 0.1) is 26.4 Å². The third kappa shape index (κ3) is 3.89. The topological polar surface area (TPSA) is 55.7 Å². The van der Waals surface area contributed by atoms with Gasteiger partial charge in [-0.2, -0.15) is 5.10 Å². The molecule has 1 aromatic heterocycles. The number of thiazole rings is 1. The number of aromatic nitrogens is 1. The van der Waals surface area contributed by atoms with Gasteiger partial charge in [-0.3, -0.25) is 5.43 Å². The van der Waals surface area contributed by atoms with Crippen LogP contribution in [0.4, 0.5) is 9.52 Å². The fraction of sp³-hybridized carbons (Fsp3) is 0.0588. The van der Waals surface area contributed by atoms with E-state index >= 15 is 0 Å². The summed E-state index contributed by atoms with van der Waals surface area (Å²) in [5, 5.41) is 6.75. The molecule has 27 heavy (non-hydrogen) atoms. The number of ether oxygens (including phenoxy) is 2. The first kappa shape index (κ1) is 18.5. The molecule has 138 valence electrons. The molecule has 5 nitrogen and oxygen atoms in total. The number of rotatable bonds is 4. The molecule has 0 spiro atoms. The quantitative estimate of drug-likeness (QED) is 0.270. The van der Waals surface area contributed by atoms with E-state index in [0.717, 1.165) is 10.0 Å². The van der Waals surface area contributed by atoms with Gasteiger partial charge in [0.25, 0.3) is 0 Å². The van der Waals surface area contributed by atoms with Crippen LogP contribution in [0.5, 0.6) is 11.5 Å². The second kappa shape index (κ2) is 7.63. The molecule has 2 heterocycles. The smallest absolute Gasteiger partial charge is 0.231 e. The SMILES string of the molecule is Fc1cc(-c2csc(N/N=C/c3cc(Br)c4c(c3)OCO4)n2)c(Cl)cc1Cl. The Hall–Kier alpha value is -1.87. The normalized spacial score (nSPS) is 12.7. The molecule has 1 N–H and O–H groups in total. The van der Waals surface area contributed by atoms with Crippen LogP contribution >= 0.6 is 50.5 Å². The molecule has 0 bridgehead atoms. The van der Waals surface area contributed by atoms with Crippen molar-refractivity contribution in [2.45, 2.75) is 0 Å². The lowest BCUT2D eigenvalue weighted by molar-refractivity contribution is 0.173. The van der Waals surface area contributed by atoms with Gasteiger partial charge in [-0.05, 0) is 45.8 Å². The van der Waals surface area contributed by atoms with Crippen molar-refractivity contribution < 1.29 is 13.9 Å². The Morgan fingerprint density at radius 2 is 2.07 bits per heavy atom. The van der Waals surface area contributed by atoms with Gasteiger partial charge in [0, 0.05) is 10.9 Å².